The van der Waals surface area contributed by atoms with E-state index in [0.717, 1.165) is 25.9 Å². The molecule has 1 aromatic carbocycles. The van der Waals surface area contributed by atoms with Crippen LogP contribution in [0.5, 0.6) is 0 Å². The molecule has 3 nitrogen and oxygen atoms in total. The molecule has 108 valence electrons. The van der Waals surface area contributed by atoms with Gasteiger partial charge in [0.1, 0.15) is 0 Å². The lowest BCUT2D eigenvalue weighted by Gasteiger charge is -2.36. The smallest absolute Gasteiger partial charge is 0.307 e. The van der Waals surface area contributed by atoms with Crippen molar-refractivity contribution in [2.45, 2.75) is 38.1 Å². The summed E-state index contributed by atoms with van der Waals surface area (Å²) in [7, 11) is 0. The van der Waals surface area contributed by atoms with Crippen LogP contribution in [-0.4, -0.2) is 35.1 Å². The third-order valence-corrected chi connectivity index (χ3v) is 4.98. The molecule has 20 heavy (non-hydrogen) atoms. The summed E-state index contributed by atoms with van der Waals surface area (Å²) in [6.45, 7) is 4.02. The van der Waals surface area contributed by atoms with E-state index in [2.05, 4.69) is 42.2 Å². The van der Waals surface area contributed by atoms with E-state index in [1.54, 1.807) is 0 Å². The second kappa shape index (κ2) is 5.57. The average Bonchev–Trinajstić information content (AvgIpc) is 3.21. The Balaban J connectivity index is 1.57. The molecule has 1 heterocycles. The number of hydrogen-bond acceptors (Lipinski definition) is 2. The van der Waals surface area contributed by atoms with Gasteiger partial charge in [-0.25, -0.2) is 0 Å². The van der Waals surface area contributed by atoms with Crippen LogP contribution in [0.2, 0.25) is 0 Å². The largest absolute Gasteiger partial charge is 0.481 e. The van der Waals surface area contributed by atoms with Gasteiger partial charge in [-0.3, -0.25) is 9.69 Å². The van der Waals surface area contributed by atoms with Gasteiger partial charge in [0, 0.05) is 19.1 Å². The lowest BCUT2D eigenvalue weighted by Crippen LogP contribution is -2.45. The molecule has 1 aliphatic carbocycles. The zero-order valence-corrected chi connectivity index (χ0v) is 12.0. The Morgan fingerprint density at radius 1 is 1.30 bits per heavy atom. The highest BCUT2D eigenvalue weighted by Gasteiger charge is 2.41. The van der Waals surface area contributed by atoms with Crippen molar-refractivity contribution < 1.29 is 9.90 Å². The molecule has 0 bridgehead atoms. The number of rotatable bonds is 4. The van der Waals surface area contributed by atoms with Gasteiger partial charge >= 0.3 is 5.97 Å². The van der Waals surface area contributed by atoms with Crippen molar-refractivity contribution in [3.8, 4) is 0 Å². The molecular weight excluding hydrogens is 250 g/mol. The summed E-state index contributed by atoms with van der Waals surface area (Å²) >= 11 is 0. The summed E-state index contributed by atoms with van der Waals surface area (Å²) in [6.07, 6.45) is 3.10. The van der Waals surface area contributed by atoms with Crippen molar-refractivity contribution >= 4 is 5.97 Å². The highest BCUT2D eigenvalue weighted by molar-refractivity contribution is 5.70. The molecule has 1 aliphatic heterocycles. The maximum atomic E-state index is 11.2. The maximum absolute atomic E-state index is 11.2. The van der Waals surface area contributed by atoms with Crippen molar-refractivity contribution in [1.82, 2.24) is 4.90 Å². The van der Waals surface area contributed by atoms with Crippen molar-refractivity contribution in [2.75, 3.05) is 13.1 Å². The van der Waals surface area contributed by atoms with Gasteiger partial charge in [0.15, 0.2) is 0 Å². The van der Waals surface area contributed by atoms with E-state index in [-0.39, 0.29) is 5.92 Å². The van der Waals surface area contributed by atoms with Gasteiger partial charge in [0.05, 0.1) is 5.92 Å². The predicted octanol–water partition coefficient (Wildman–Crippen LogP) is 2.98. The Morgan fingerprint density at radius 3 is 2.75 bits per heavy atom. The first-order chi connectivity index (χ1) is 9.65. The number of aliphatic carboxylic acids is 1. The summed E-state index contributed by atoms with van der Waals surface area (Å²) < 4.78 is 0. The summed E-state index contributed by atoms with van der Waals surface area (Å²) in [5.74, 6) is 0.610. The maximum Gasteiger partial charge on any atom is 0.307 e. The molecule has 0 amide bonds. The van der Waals surface area contributed by atoms with Gasteiger partial charge < -0.3 is 5.11 Å². The normalized spacial score (nSPS) is 33.9. The second-order valence-corrected chi connectivity index (χ2v) is 6.43. The van der Waals surface area contributed by atoms with Crippen molar-refractivity contribution in [3.63, 3.8) is 0 Å². The minimum atomic E-state index is -0.627. The number of carboxylic acids is 1. The number of likely N-dealkylation sites (tertiary alicyclic amines) is 1. The second-order valence-electron chi connectivity index (χ2n) is 6.43. The Bertz CT molecular complexity index is 473. The Kier molecular flexibility index (Phi) is 3.79. The molecule has 0 spiro atoms. The molecule has 1 N–H and O–H groups in total. The van der Waals surface area contributed by atoms with E-state index >= 15 is 0 Å². The summed E-state index contributed by atoms with van der Waals surface area (Å²) in [4.78, 5) is 13.6. The minimum Gasteiger partial charge on any atom is -0.481 e. The molecule has 4 atom stereocenters. The molecule has 1 saturated carbocycles. The van der Waals surface area contributed by atoms with E-state index < -0.39 is 5.97 Å². The quantitative estimate of drug-likeness (QED) is 0.917. The SMILES string of the molecule is CC1CCC(C(=O)O)CN1CC1CC1c1ccccc1. The molecule has 1 aromatic rings. The molecule has 3 heteroatoms. The average molecular weight is 273 g/mol. The lowest BCUT2D eigenvalue weighted by atomic mass is 9.93. The lowest BCUT2D eigenvalue weighted by molar-refractivity contribution is -0.144. The van der Waals surface area contributed by atoms with Crippen LogP contribution in [0.3, 0.4) is 0 Å². The summed E-state index contributed by atoms with van der Waals surface area (Å²) in [5, 5.41) is 9.20. The summed E-state index contributed by atoms with van der Waals surface area (Å²) in [6, 6.07) is 11.2. The number of nitrogens with zero attached hydrogens (tertiary/aromatic N) is 1. The number of carboxylic acid groups (broad SMARTS) is 1. The van der Waals surface area contributed by atoms with E-state index in [9.17, 15) is 9.90 Å². The van der Waals surface area contributed by atoms with E-state index in [1.807, 2.05) is 0 Å². The highest BCUT2D eigenvalue weighted by Crippen LogP contribution is 2.48. The standard InChI is InChI=1S/C17H23NO2/c1-12-7-8-14(17(19)20)10-18(12)11-15-9-16(15)13-5-3-2-4-6-13/h2-6,12,14-16H,7-11H2,1H3,(H,19,20). The zero-order chi connectivity index (χ0) is 14.1. The number of hydrogen-bond donors (Lipinski definition) is 1. The Labute approximate surface area is 120 Å². The Hall–Kier alpha value is -1.35. The zero-order valence-electron chi connectivity index (χ0n) is 12.0. The number of benzene rings is 1. The van der Waals surface area contributed by atoms with Crippen LogP contribution in [0.25, 0.3) is 0 Å². The van der Waals surface area contributed by atoms with Crippen molar-refractivity contribution in [3.05, 3.63) is 35.9 Å². The van der Waals surface area contributed by atoms with Crippen LogP contribution < -0.4 is 0 Å². The minimum absolute atomic E-state index is 0.167. The first-order valence-electron chi connectivity index (χ1n) is 7.67. The molecule has 0 aromatic heterocycles. The van der Waals surface area contributed by atoms with Crippen molar-refractivity contribution in [2.24, 2.45) is 11.8 Å². The fourth-order valence-corrected chi connectivity index (χ4v) is 3.49. The molecule has 1 saturated heterocycles. The van der Waals surface area contributed by atoms with E-state index in [1.165, 1.54) is 12.0 Å². The summed E-state index contributed by atoms with van der Waals surface area (Å²) in [5.41, 5.74) is 1.44. The fraction of sp³-hybridized carbons (Fsp3) is 0.588. The van der Waals surface area contributed by atoms with Gasteiger partial charge in [-0.1, -0.05) is 30.3 Å². The van der Waals surface area contributed by atoms with Crippen LogP contribution in [0.4, 0.5) is 0 Å². The van der Waals surface area contributed by atoms with Crippen molar-refractivity contribution in [1.29, 1.82) is 0 Å². The van der Waals surface area contributed by atoms with E-state index in [4.69, 9.17) is 0 Å². The van der Waals surface area contributed by atoms with Gasteiger partial charge in [0.25, 0.3) is 0 Å². The molecule has 4 unspecified atom stereocenters. The first kappa shape index (κ1) is 13.6. The third-order valence-electron chi connectivity index (χ3n) is 4.98. The number of carbonyl (C=O) groups is 1. The molecule has 2 fully saturated rings. The first-order valence-corrected chi connectivity index (χ1v) is 7.67. The van der Waals surface area contributed by atoms with Crippen LogP contribution in [-0.2, 0) is 4.79 Å². The highest BCUT2D eigenvalue weighted by atomic mass is 16.4. The number of piperidine rings is 1. The third kappa shape index (κ3) is 2.88. The Morgan fingerprint density at radius 2 is 2.05 bits per heavy atom. The topological polar surface area (TPSA) is 40.5 Å². The molecule has 0 radical (unpaired) electrons. The van der Waals surface area contributed by atoms with Crippen LogP contribution in [0.1, 0.15) is 37.7 Å². The monoisotopic (exact) mass is 273 g/mol. The molecule has 3 rings (SSSR count). The molecule has 2 aliphatic rings. The fourth-order valence-electron chi connectivity index (χ4n) is 3.49. The van der Waals surface area contributed by atoms with Gasteiger partial charge in [0.2, 0.25) is 0 Å². The van der Waals surface area contributed by atoms with E-state index in [0.29, 0.717) is 17.9 Å². The van der Waals surface area contributed by atoms with Gasteiger partial charge in [-0.2, -0.15) is 0 Å². The van der Waals surface area contributed by atoms with Gasteiger partial charge in [-0.05, 0) is 43.6 Å². The predicted molar refractivity (Wildman–Crippen MR) is 78.7 cm³/mol. The van der Waals surface area contributed by atoms with Crippen LogP contribution in [0.15, 0.2) is 30.3 Å². The van der Waals surface area contributed by atoms with Gasteiger partial charge in [-0.15, -0.1) is 0 Å². The molecular formula is C17H23NO2. The van der Waals surface area contributed by atoms with Crippen LogP contribution >= 0.6 is 0 Å². The van der Waals surface area contributed by atoms with Crippen LogP contribution in [0, 0.1) is 11.8 Å².